The Balaban J connectivity index is 1.50. The number of hydrogen-bond acceptors (Lipinski definition) is 6. The van der Waals surface area contributed by atoms with Gasteiger partial charge >= 0.3 is 0 Å². The molecule has 2 heterocycles. The molecule has 0 unspecified atom stereocenters. The number of carbonyl (C=O) groups is 2. The molecule has 0 spiro atoms. The van der Waals surface area contributed by atoms with Gasteiger partial charge in [-0.15, -0.1) is 10.2 Å². The van der Waals surface area contributed by atoms with Crippen LogP contribution in [0.2, 0.25) is 0 Å². The molecule has 2 fully saturated rings. The lowest BCUT2D eigenvalue weighted by atomic mass is 10.1. The molecule has 3 rings (SSSR count). The van der Waals surface area contributed by atoms with E-state index in [1.807, 2.05) is 4.57 Å². The van der Waals surface area contributed by atoms with Crippen molar-refractivity contribution in [1.82, 2.24) is 25.0 Å². The van der Waals surface area contributed by atoms with Gasteiger partial charge in [-0.05, 0) is 32.2 Å². The number of nitrogens with zero attached hydrogens (tertiary/aromatic N) is 4. The molecule has 1 aromatic heterocycles. The number of carbonyl (C=O) groups excluding carboxylic acids is 2. The maximum atomic E-state index is 12.3. The minimum atomic E-state index is -0.340. The highest BCUT2D eigenvalue weighted by Crippen LogP contribution is 2.40. The Bertz CT molecular complexity index is 637. The standard InChI is InChI=1S/C17H28N6O2S/c1-2-22-8-5-13(6-9-22)19-15(25)11-26-17-21-20-16(12-3-4-12)23(17)10-7-14(18)24/h12-13H,2-11H2,1H3,(H2,18,24)(H,19,25). The van der Waals surface area contributed by atoms with E-state index in [0.717, 1.165) is 51.1 Å². The number of primary amides is 1. The summed E-state index contributed by atoms with van der Waals surface area (Å²) >= 11 is 1.38. The monoisotopic (exact) mass is 380 g/mol. The fourth-order valence-corrected chi connectivity index (χ4v) is 4.06. The number of rotatable bonds is 9. The summed E-state index contributed by atoms with van der Waals surface area (Å²) in [5.41, 5.74) is 5.28. The molecule has 0 bridgehead atoms. The third kappa shape index (κ3) is 5.20. The van der Waals surface area contributed by atoms with E-state index in [2.05, 4.69) is 27.3 Å². The summed E-state index contributed by atoms with van der Waals surface area (Å²) in [6.45, 7) is 5.80. The van der Waals surface area contributed by atoms with Gasteiger partial charge in [0.15, 0.2) is 5.16 Å². The predicted molar refractivity (Wildman–Crippen MR) is 99.8 cm³/mol. The van der Waals surface area contributed by atoms with Crippen LogP contribution in [0.15, 0.2) is 5.16 Å². The third-order valence-electron chi connectivity index (χ3n) is 5.00. The Morgan fingerprint density at radius 3 is 2.58 bits per heavy atom. The fourth-order valence-electron chi connectivity index (χ4n) is 3.28. The van der Waals surface area contributed by atoms with Crippen molar-refractivity contribution in [2.45, 2.75) is 62.7 Å². The van der Waals surface area contributed by atoms with Crippen LogP contribution in [0.1, 0.15) is 50.8 Å². The Morgan fingerprint density at radius 1 is 1.23 bits per heavy atom. The number of amides is 2. The van der Waals surface area contributed by atoms with Crippen molar-refractivity contribution >= 4 is 23.6 Å². The second kappa shape index (κ2) is 8.85. The first-order valence-electron chi connectivity index (χ1n) is 9.42. The molecular weight excluding hydrogens is 352 g/mol. The molecule has 8 nitrogen and oxygen atoms in total. The number of nitrogens with one attached hydrogen (secondary N) is 1. The lowest BCUT2D eigenvalue weighted by Gasteiger charge is -2.31. The van der Waals surface area contributed by atoms with Crippen molar-refractivity contribution in [3.8, 4) is 0 Å². The number of nitrogens with two attached hydrogens (primary N) is 1. The number of aromatic nitrogens is 3. The van der Waals surface area contributed by atoms with Crippen LogP contribution in [-0.4, -0.2) is 62.9 Å². The van der Waals surface area contributed by atoms with Crippen molar-refractivity contribution in [1.29, 1.82) is 0 Å². The minimum Gasteiger partial charge on any atom is -0.370 e. The van der Waals surface area contributed by atoms with Crippen LogP contribution in [0, 0.1) is 0 Å². The van der Waals surface area contributed by atoms with Crippen molar-refractivity contribution in [3.05, 3.63) is 5.82 Å². The number of hydrogen-bond donors (Lipinski definition) is 2. The highest BCUT2D eigenvalue weighted by molar-refractivity contribution is 7.99. The molecule has 1 aromatic rings. The van der Waals surface area contributed by atoms with E-state index in [0.29, 0.717) is 23.4 Å². The largest absolute Gasteiger partial charge is 0.370 e. The van der Waals surface area contributed by atoms with Gasteiger partial charge in [0.25, 0.3) is 0 Å². The molecule has 2 aliphatic rings. The van der Waals surface area contributed by atoms with Gasteiger partial charge in [0, 0.05) is 38.0 Å². The smallest absolute Gasteiger partial charge is 0.230 e. The molecule has 9 heteroatoms. The molecule has 0 radical (unpaired) electrons. The summed E-state index contributed by atoms with van der Waals surface area (Å²) in [7, 11) is 0. The second-order valence-corrected chi connectivity index (χ2v) is 7.99. The van der Waals surface area contributed by atoms with Crippen molar-refractivity contribution in [2.75, 3.05) is 25.4 Å². The Morgan fingerprint density at radius 2 is 1.96 bits per heavy atom. The van der Waals surface area contributed by atoms with Crippen molar-refractivity contribution < 1.29 is 9.59 Å². The van der Waals surface area contributed by atoms with Gasteiger partial charge in [0.2, 0.25) is 11.8 Å². The van der Waals surface area contributed by atoms with E-state index in [9.17, 15) is 9.59 Å². The van der Waals surface area contributed by atoms with E-state index < -0.39 is 0 Å². The normalized spacial score (nSPS) is 18.8. The van der Waals surface area contributed by atoms with E-state index in [4.69, 9.17) is 5.73 Å². The molecule has 0 aromatic carbocycles. The van der Waals surface area contributed by atoms with Gasteiger partial charge in [-0.25, -0.2) is 0 Å². The van der Waals surface area contributed by atoms with Crippen LogP contribution in [-0.2, 0) is 16.1 Å². The van der Waals surface area contributed by atoms with Crippen LogP contribution in [0.4, 0.5) is 0 Å². The van der Waals surface area contributed by atoms with Gasteiger partial charge in [-0.1, -0.05) is 18.7 Å². The first kappa shape index (κ1) is 19.2. The second-order valence-electron chi connectivity index (χ2n) is 7.05. The van der Waals surface area contributed by atoms with Crippen molar-refractivity contribution in [2.24, 2.45) is 5.73 Å². The Kier molecular flexibility index (Phi) is 6.53. The molecule has 26 heavy (non-hydrogen) atoms. The average molecular weight is 381 g/mol. The van der Waals surface area contributed by atoms with Gasteiger partial charge < -0.3 is 20.5 Å². The average Bonchev–Trinajstić information content (AvgIpc) is 3.39. The van der Waals surface area contributed by atoms with Gasteiger partial charge in [-0.3, -0.25) is 9.59 Å². The van der Waals surface area contributed by atoms with Crippen molar-refractivity contribution in [3.63, 3.8) is 0 Å². The molecule has 1 aliphatic heterocycles. The van der Waals surface area contributed by atoms with Crippen LogP contribution < -0.4 is 11.1 Å². The Hall–Kier alpha value is -1.61. The lowest BCUT2D eigenvalue weighted by molar-refractivity contribution is -0.120. The summed E-state index contributed by atoms with van der Waals surface area (Å²) in [4.78, 5) is 25.8. The quantitative estimate of drug-likeness (QED) is 0.612. The molecule has 144 valence electrons. The summed E-state index contributed by atoms with van der Waals surface area (Å²) in [5, 5.41) is 12.3. The topological polar surface area (TPSA) is 106 Å². The van der Waals surface area contributed by atoms with Crippen LogP contribution in [0.3, 0.4) is 0 Å². The zero-order chi connectivity index (χ0) is 18.5. The van der Waals surface area contributed by atoms with E-state index >= 15 is 0 Å². The minimum absolute atomic E-state index is 0.0300. The van der Waals surface area contributed by atoms with E-state index in [1.54, 1.807) is 0 Å². The first-order valence-corrected chi connectivity index (χ1v) is 10.4. The van der Waals surface area contributed by atoms with E-state index in [1.165, 1.54) is 11.8 Å². The third-order valence-corrected chi connectivity index (χ3v) is 5.97. The number of thioether (sulfide) groups is 1. The molecule has 3 N–H and O–H groups in total. The summed E-state index contributed by atoms with van der Waals surface area (Å²) in [6, 6.07) is 0.264. The van der Waals surface area contributed by atoms with E-state index in [-0.39, 0.29) is 24.3 Å². The lowest BCUT2D eigenvalue weighted by Crippen LogP contribution is -2.45. The first-order chi connectivity index (χ1) is 12.6. The molecule has 1 saturated carbocycles. The Labute approximate surface area is 158 Å². The van der Waals surface area contributed by atoms with Gasteiger partial charge in [-0.2, -0.15) is 0 Å². The van der Waals surface area contributed by atoms with Gasteiger partial charge in [0.1, 0.15) is 5.82 Å². The molecule has 0 atom stereocenters. The summed E-state index contributed by atoms with van der Waals surface area (Å²) in [6.07, 6.45) is 4.48. The molecule has 1 aliphatic carbocycles. The zero-order valence-corrected chi connectivity index (χ0v) is 16.1. The van der Waals surface area contributed by atoms with Crippen LogP contribution in [0.25, 0.3) is 0 Å². The van der Waals surface area contributed by atoms with Crippen LogP contribution in [0.5, 0.6) is 0 Å². The summed E-state index contributed by atoms with van der Waals surface area (Å²) in [5.74, 6) is 1.35. The maximum absolute atomic E-state index is 12.3. The highest BCUT2D eigenvalue weighted by atomic mass is 32.2. The zero-order valence-electron chi connectivity index (χ0n) is 15.3. The highest BCUT2D eigenvalue weighted by Gasteiger charge is 2.30. The fraction of sp³-hybridized carbons (Fsp3) is 0.765. The number of piperidine rings is 1. The number of likely N-dealkylation sites (tertiary alicyclic amines) is 1. The molecular formula is C17H28N6O2S. The SMILES string of the molecule is CCN1CCC(NC(=O)CSc2nnc(C3CC3)n2CCC(N)=O)CC1. The molecule has 2 amide bonds. The van der Waals surface area contributed by atoms with Gasteiger partial charge in [0.05, 0.1) is 5.75 Å². The maximum Gasteiger partial charge on any atom is 0.230 e. The predicted octanol–water partition coefficient (Wildman–Crippen LogP) is 0.724. The summed E-state index contributed by atoms with van der Waals surface area (Å²) < 4.78 is 1.96. The van der Waals surface area contributed by atoms with Crippen LogP contribution >= 0.6 is 11.8 Å². The molecule has 1 saturated heterocycles.